The second-order valence-electron chi connectivity index (χ2n) is 6.44. The number of thioether (sulfide) groups is 1. The number of aryl methyl sites for hydroxylation is 2. The monoisotopic (exact) mass is 480 g/mol. The minimum absolute atomic E-state index is 0.00341. The molecule has 0 saturated carbocycles. The summed E-state index contributed by atoms with van der Waals surface area (Å²) < 4.78 is 7.72. The van der Waals surface area contributed by atoms with Crippen molar-refractivity contribution < 1.29 is 9.53 Å². The number of carbonyl (C=O) groups excluding carboxylic acids is 1. The van der Waals surface area contributed by atoms with E-state index in [2.05, 4.69) is 15.9 Å². The Morgan fingerprint density at radius 1 is 1.32 bits per heavy atom. The number of thiophene rings is 1. The average Bonchev–Trinajstić information content (AvgIpc) is 2.95. The minimum atomic E-state index is -0.374. The summed E-state index contributed by atoms with van der Waals surface area (Å²) in [4.78, 5) is 32.5. The molecule has 5 nitrogen and oxygen atoms in total. The van der Waals surface area contributed by atoms with Crippen molar-refractivity contribution in [3.63, 3.8) is 0 Å². The van der Waals surface area contributed by atoms with Gasteiger partial charge in [0.15, 0.2) is 10.9 Å². The fourth-order valence-corrected chi connectivity index (χ4v) is 5.19. The Labute approximate surface area is 180 Å². The highest BCUT2D eigenvalue weighted by Crippen LogP contribution is 2.30. The molecule has 0 bridgehead atoms. The van der Waals surface area contributed by atoms with E-state index in [1.165, 1.54) is 23.1 Å². The molecule has 1 aromatic carbocycles. The number of hydrogen-bond acceptors (Lipinski definition) is 6. The maximum Gasteiger partial charge on any atom is 0.263 e. The van der Waals surface area contributed by atoms with Crippen LogP contribution in [0, 0.1) is 13.8 Å². The van der Waals surface area contributed by atoms with Crippen LogP contribution in [0.25, 0.3) is 10.2 Å². The van der Waals surface area contributed by atoms with E-state index in [0.29, 0.717) is 29.3 Å². The lowest BCUT2D eigenvalue weighted by molar-refractivity contribution is 0.0994. The molecule has 0 saturated heterocycles. The molecule has 28 heavy (non-hydrogen) atoms. The summed E-state index contributed by atoms with van der Waals surface area (Å²) >= 11 is 6.21. The van der Waals surface area contributed by atoms with E-state index >= 15 is 0 Å². The maximum absolute atomic E-state index is 13.1. The van der Waals surface area contributed by atoms with Gasteiger partial charge >= 0.3 is 0 Å². The largest absolute Gasteiger partial charge is 0.383 e. The van der Waals surface area contributed by atoms with Gasteiger partial charge in [-0.3, -0.25) is 14.2 Å². The normalized spacial score (nSPS) is 12.5. The van der Waals surface area contributed by atoms with Crippen LogP contribution in [0.4, 0.5) is 0 Å². The van der Waals surface area contributed by atoms with E-state index < -0.39 is 0 Å². The number of aromatic nitrogens is 2. The molecular formula is C20H21BrN2O3S2. The van der Waals surface area contributed by atoms with E-state index in [-0.39, 0.29) is 16.6 Å². The third kappa shape index (κ3) is 4.25. The molecule has 0 N–H and O–H groups in total. The molecule has 0 aliphatic carbocycles. The van der Waals surface area contributed by atoms with Crippen LogP contribution in [0.15, 0.2) is 38.7 Å². The van der Waals surface area contributed by atoms with Gasteiger partial charge in [-0.05, 0) is 38.5 Å². The van der Waals surface area contributed by atoms with Crippen molar-refractivity contribution in [3.05, 3.63) is 55.1 Å². The second-order valence-corrected chi connectivity index (χ2v) is 9.87. The standard InChI is InChI=1S/C20H21BrN2O3S2/c1-11-12(2)27-18-16(11)19(25)23(9-10-26-4)20(22-18)28-13(3)17(24)14-5-7-15(21)8-6-14/h5-8,13H,9-10H2,1-4H3. The Morgan fingerprint density at radius 3 is 2.64 bits per heavy atom. The predicted octanol–water partition coefficient (Wildman–Crippen LogP) is 4.85. The molecule has 1 unspecified atom stereocenters. The Hall–Kier alpha value is -1.48. The molecule has 0 radical (unpaired) electrons. The summed E-state index contributed by atoms with van der Waals surface area (Å²) in [5, 5.41) is 0.838. The number of Topliss-reactive ketones (excluding diaryl/α,β-unsaturated/α-hetero) is 1. The third-order valence-electron chi connectivity index (χ3n) is 4.55. The molecule has 148 valence electrons. The number of rotatable bonds is 7. The lowest BCUT2D eigenvalue weighted by atomic mass is 10.1. The highest BCUT2D eigenvalue weighted by Gasteiger charge is 2.22. The quantitative estimate of drug-likeness (QED) is 0.274. The van der Waals surface area contributed by atoms with Crippen molar-refractivity contribution in [2.24, 2.45) is 0 Å². The van der Waals surface area contributed by atoms with E-state index in [1.807, 2.05) is 32.9 Å². The number of ketones is 1. The van der Waals surface area contributed by atoms with Gasteiger partial charge in [-0.1, -0.05) is 39.8 Å². The SMILES string of the molecule is COCCn1c(SC(C)C(=O)c2ccc(Br)cc2)nc2sc(C)c(C)c2c1=O. The zero-order valence-electron chi connectivity index (χ0n) is 16.1. The molecule has 0 aliphatic heterocycles. The first-order valence-electron chi connectivity index (χ1n) is 8.79. The van der Waals surface area contributed by atoms with Crippen LogP contribution in [0.1, 0.15) is 27.7 Å². The summed E-state index contributed by atoms with van der Waals surface area (Å²) in [5.74, 6) is 0.00341. The summed E-state index contributed by atoms with van der Waals surface area (Å²) in [6.07, 6.45) is 0. The lowest BCUT2D eigenvalue weighted by Crippen LogP contribution is -2.26. The topological polar surface area (TPSA) is 61.2 Å². The summed E-state index contributed by atoms with van der Waals surface area (Å²) in [6.45, 7) is 6.58. The van der Waals surface area contributed by atoms with Gasteiger partial charge in [0.25, 0.3) is 5.56 Å². The number of fused-ring (bicyclic) bond motifs is 1. The van der Waals surface area contributed by atoms with Crippen LogP contribution >= 0.6 is 39.0 Å². The van der Waals surface area contributed by atoms with Crippen LogP contribution in [0.5, 0.6) is 0 Å². The van der Waals surface area contributed by atoms with Gasteiger partial charge < -0.3 is 4.74 Å². The number of ether oxygens (including phenoxy) is 1. The molecule has 2 heterocycles. The third-order valence-corrected chi connectivity index (χ3v) is 7.27. The highest BCUT2D eigenvalue weighted by atomic mass is 79.9. The lowest BCUT2D eigenvalue weighted by Gasteiger charge is -2.15. The maximum atomic E-state index is 13.1. The van der Waals surface area contributed by atoms with Gasteiger partial charge in [0.05, 0.1) is 23.8 Å². The zero-order valence-corrected chi connectivity index (χ0v) is 19.3. The fourth-order valence-electron chi connectivity index (χ4n) is 2.84. The number of methoxy groups -OCH3 is 1. The number of nitrogens with zero attached hydrogens (tertiary/aromatic N) is 2. The molecule has 2 aromatic heterocycles. The van der Waals surface area contributed by atoms with Gasteiger partial charge in [0, 0.05) is 22.0 Å². The Balaban J connectivity index is 1.99. The Bertz CT molecular complexity index is 1070. The van der Waals surface area contributed by atoms with Gasteiger partial charge in [-0.15, -0.1) is 11.3 Å². The molecule has 8 heteroatoms. The molecule has 0 amide bonds. The van der Waals surface area contributed by atoms with Gasteiger partial charge in [0.2, 0.25) is 0 Å². The first-order chi connectivity index (χ1) is 13.3. The Morgan fingerprint density at radius 2 is 2.00 bits per heavy atom. The number of carbonyl (C=O) groups is 1. The molecule has 3 aromatic rings. The smallest absolute Gasteiger partial charge is 0.263 e. The number of hydrogen-bond donors (Lipinski definition) is 0. The van der Waals surface area contributed by atoms with Crippen molar-refractivity contribution in [1.82, 2.24) is 9.55 Å². The summed E-state index contributed by atoms with van der Waals surface area (Å²) in [7, 11) is 1.60. The fraction of sp³-hybridized carbons (Fsp3) is 0.350. The van der Waals surface area contributed by atoms with E-state index in [0.717, 1.165) is 19.7 Å². The van der Waals surface area contributed by atoms with E-state index in [9.17, 15) is 9.59 Å². The first kappa shape index (κ1) is 21.2. The van der Waals surface area contributed by atoms with Crippen LogP contribution < -0.4 is 5.56 Å². The predicted molar refractivity (Wildman–Crippen MR) is 119 cm³/mol. The van der Waals surface area contributed by atoms with Gasteiger partial charge in [-0.25, -0.2) is 4.98 Å². The van der Waals surface area contributed by atoms with Crippen molar-refractivity contribution >= 4 is 55.0 Å². The molecule has 0 aliphatic rings. The number of benzene rings is 1. The zero-order chi connectivity index (χ0) is 20.4. The van der Waals surface area contributed by atoms with Crippen LogP contribution in [0.3, 0.4) is 0 Å². The van der Waals surface area contributed by atoms with Crippen molar-refractivity contribution in [1.29, 1.82) is 0 Å². The Kier molecular flexibility index (Phi) is 6.75. The van der Waals surface area contributed by atoms with Gasteiger partial charge in [-0.2, -0.15) is 0 Å². The summed E-state index contributed by atoms with van der Waals surface area (Å²) in [5.41, 5.74) is 1.53. The molecule has 1 atom stereocenters. The minimum Gasteiger partial charge on any atom is -0.383 e. The molecule has 3 rings (SSSR count). The molecular weight excluding hydrogens is 460 g/mol. The molecule has 0 fully saturated rings. The van der Waals surface area contributed by atoms with Crippen LogP contribution in [-0.2, 0) is 11.3 Å². The van der Waals surface area contributed by atoms with E-state index in [1.54, 1.807) is 23.8 Å². The van der Waals surface area contributed by atoms with Crippen LogP contribution in [0.2, 0.25) is 0 Å². The second kappa shape index (κ2) is 8.90. The highest BCUT2D eigenvalue weighted by molar-refractivity contribution is 9.10. The van der Waals surface area contributed by atoms with Crippen molar-refractivity contribution in [3.8, 4) is 0 Å². The van der Waals surface area contributed by atoms with E-state index in [4.69, 9.17) is 9.72 Å². The van der Waals surface area contributed by atoms with Crippen molar-refractivity contribution in [2.45, 2.75) is 37.7 Å². The van der Waals surface area contributed by atoms with Crippen molar-refractivity contribution in [2.75, 3.05) is 13.7 Å². The number of halogens is 1. The molecule has 0 spiro atoms. The van der Waals surface area contributed by atoms with Gasteiger partial charge in [0.1, 0.15) is 4.83 Å². The summed E-state index contributed by atoms with van der Waals surface area (Å²) in [6, 6.07) is 7.29. The average molecular weight is 481 g/mol. The first-order valence-corrected chi connectivity index (χ1v) is 11.3. The van der Waals surface area contributed by atoms with Crippen LogP contribution in [-0.4, -0.2) is 34.3 Å².